The summed E-state index contributed by atoms with van der Waals surface area (Å²) in [6.07, 6.45) is 3.81. The van der Waals surface area contributed by atoms with Gasteiger partial charge in [-0.05, 0) is 13.0 Å². The van der Waals surface area contributed by atoms with Gasteiger partial charge in [-0.1, -0.05) is 0 Å². The van der Waals surface area contributed by atoms with E-state index in [4.69, 9.17) is 0 Å². The molecule has 0 atom stereocenters. The summed E-state index contributed by atoms with van der Waals surface area (Å²) in [5.74, 6) is 2.10. The van der Waals surface area contributed by atoms with E-state index in [-0.39, 0.29) is 0 Å². The van der Waals surface area contributed by atoms with E-state index in [1.54, 1.807) is 0 Å². The number of fused-ring (bicyclic) bond motifs is 1. The molecule has 2 aromatic heterocycles. The molecule has 0 spiro atoms. The second kappa shape index (κ2) is 4.29. The van der Waals surface area contributed by atoms with Gasteiger partial charge in [-0.15, -0.1) is 10.2 Å². The highest BCUT2D eigenvalue weighted by atomic mass is 15.3. The van der Waals surface area contributed by atoms with Crippen molar-refractivity contribution in [3.8, 4) is 0 Å². The Hall–Kier alpha value is -1.69. The van der Waals surface area contributed by atoms with Gasteiger partial charge in [0, 0.05) is 32.0 Å². The molecule has 17 heavy (non-hydrogen) atoms. The third kappa shape index (κ3) is 2.08. The Balaban J connectivity index is 1.61. The SMILES string of the molecule is Cc1nnc2n1CCN(CCn1cccn1)C2. The number of rotatable bonds is 3. The average Bonchev–Trinajstić information content (AvgIpc) is 2.97. The Morgan fingerprint density at radius 3 is 3.00 bits per heavy atom. The maximum absolute atomic E-state index is 4.21. The van der Waals surface area contributed by atoms with Crippen LogP contribution < -0.4 is 0 Å². The van der Waals surface area contributed by atoms with E-state index < -0.39 is 0 Å². The van der Waals surface area contributed by atoms with Crippen molar-refractivity contribution >= 4 is 0 Å². The Morgan fingerprint density at radius 2 is 2.18 bits per heavy atom. The first-order chi connectivity index (χ1) is 8.33. The highest BCUT2D eigenvalue weighted by molar-refractivity contribution is 4.97. The predicted octanol–water partition coefficient (Wildman–Crippen LogP) is 0.299. The van der Waals surface area contributed by atoms with Crippen molar-refractivity contribution in [3.05, 3.63) is 30.1 Å². The van der Waals surface area contributed by atoms with Crippen molar-refractivity contribution in [3.63, 3.8) is 0 Å². The maximum atomic E-state index is 4.21. The smallest absolute Gasteiger partial charge is 0.147 e. The summed E-state index contributed by atoms with van der Waals surface area (Å²) in [6.45, 7) is 6.89. The third-order valence-electron chi connectivity index (χ3n) is 3.22. The van der Waals surface area contributed by atoms with E-state index in [1.807, 2.05) is 30.1 Å². The lowest BCUT2D eigenvalue weighted by Gasteiger charge is -2.27. The van der Waals surface area contributed by atoms with Crippen molar-refractivity contribution in [1.29, 1.82) is 0 Å². The molecule has 0 amide bonds. The lowest BCUT2D eigenvalue weighted by atomic mass is 10.3. The van der Waals surface area contributed by atoms with Crippen LogP contribution in [-0.2, 0) is 19.6 Å². The largest absolute Gasteiger partial charge is 0.313 e. The molecule has 90 valence electrons. The van der Waals surface area contributed by atoms with Crippen LogP contribution in [0.2, 0.25) is 0 Å². The Kier molecular flexibility index (Phi) is 2.64. The van der Waals surface area contributed by atoms with E-state index >= 15 is 0 Å². The zero-order chi connectivity index (χ0) is 11.7. The van der Waals surface area contributed by atoms with Crippen LogP contribution in [-0.4, -0.2) is 42.5 Å². The van der Waals surface area contributed by atoms with Gasteiger partial charge in [0.15, 0.2) is 0 Å². The molecule has 0 fully saturated rings. The molecule has 0 saturated carbocycles. The van der Waals surface area contributed by atoms with E-state index in [1.165, 1.54) is 0 Å². The zero-order valence-electron chi connectivity index (χ0n) is 9.95. The number of aryl methyl sites for hydroxylation is 1. The van der Waals surface area contributed by atoms with Crippen LogP contribution in [0.15, 0.2) is 18.5 Å². The fourth-order valence-electron chi connectivity index (χ4n) is 2.22. The maximum Gasteiger partial charge on any atom is 0.147 e. The summed E-state index contributed by atoms with van der Waals surface area (Å²) in [7, 11) is 0. The van der Waals surface area contributed by atoms with E-state index in [2.05, 4.69) is 24.8 Å². The molecule has 0 aliphatic carbocycles. The molecule has 2 aromatic rings. The minimum Gasteiger partial charge on any atom is -0.313 e. The Bertz CT molecular complexity index is 486. The van der Waals surface area contributed by atoms with E-state index in [0.717, 1.165) is 44.4 Å². The van der Waals surface area contributed by atoms with Crippen LogP contribution in [0.5, 0.6) is 0 Å². The van der Waals surface area contributed by atoms with Crippen LogP contribution in [0, 0.1) is 6.92 Å². The molecule has 3 heterocycles. The average molecular weight is 232 g/mol. The molecule has 6 heteroatoms. The fraction of sp³-hybridized carbons (Fsp3) is 0.545. The van der Waals surface area contributed by atoms with Crippen LogP contribution in [0.4, 0.5) is 0 Å². The number of hydrogen-bond acceptors (Lipinski definition) is 4. The van der Waals surface area contributed by atoms with Gasteiger partial charge in [0.05, 0.1) is 13.1 Å². The fourth-order valence-corrected chi connectivity index (χ4v) is 2.22. The highest BCUT2D eigenvalue weighted by Crippen LogP contribution is 2.11. The monoisotopic (exact) mass is 232 g/mol. The van der Waals surface area contributed by atoms with Crippen molar-refractivity contribution < 1.29 is 0 Å². The van der Waals surface area contributed by atoms with Gasteiger partial charge < -0.3 is 4.57 Å². The summed E-state index contributed by atoms with van der Waals surface area (Å²) in [5, 5.41) is 12.5. The summed E-state index contributed by atoms with van der Waals surface area (Å²) >= 11 is 0. The Labute approximate surface area is 99.9 Å². The molecule has 3 rings (SSSR count). The molecule has 0 N–H and O–H groups in total. The summed E-state index contributed by atoms with van der Waals surface area (Å²) in [5.41, 5.74) is 0. The van der Waals surface area contributed by atoms with Gasteiger partial charge in [0.25, 0.3) is 0 Å². The summed E-state index contributed by atoms with van der Waals surface area (Å²) in [6, 6.07) is 1.95. The summed E-state index contributed by atoms with van der Waals surface area (Å²) in [4.78, 5) is 2.39. The third-order valence-corrected chi connectivity index (χ3v) is 3.22. The van der Waals surface area contributed by atoms with Crippen molar-refractivity contribution in [2.75, 3.05) is 13.1 Å². The standard InChI is InChI=1S/C11H16N6/c1-10-13-14-11-9-15(6-8-17(10)11)5-7-16-4-2-3-12-16/h2-4H,5-9H2,1H3. The first kappa shape index (κ1) is 10.5. The second-order valence-electron chi connectivity index (χ2n) is 4.36. The molecule has 1 aliphatic heterocycles. The highest BCUT2D eigenvalue weighted by Gasteiger charge is 2.18. The minimum absolute atomic E-state index is 0.891. The topological polar surface area (TPSA) is 51.8 Å². The van der Waals surface area contributed by atoms with Gasteiger partial charge >= 0.3 is 0 Å². The minimum atomic E-state index is 0.891. The Morgan fingerprint density at radius 1 is 1.24 bits per heavy atom. The second-order valence-corrected chi connectivity index (χ2v) is 4.36. The van der Waals surface area contributed by atoms with Gasteiger partial charge in [0.2, 0.25) is 0 Å². The number of nitrogens with zero attached hydrogens (tertiary/aromatic N) is 6. The van der Waals surface area contributed by atoms with Gasteiger partial charge in [-0.25, -0.2) is 0 Å². The lowest BCUT2D eigenvalue weighted by molar-refractivity contribution is 0.205. The molecule has 1 aliphatic rings. The molecular weight excluding hydrogens is 216 g/mol. The van der Waals surface area contributed by atoms with Gasteiger partial charge in [-0.2, -0.15) is 5.10 Å². The van der Waals surface area contributed by atoms with Gasteiger partial charge in [0.1, 0.15) is 11.6 Å². The summed E-state index contributed by atoms with van der Waals surface area (Å²) < 4.78 is 4.16. The number of aromatic nitrogens is 5. The van der Waals surface area contributed by atoms with Crippen LogP contribution >= 0.6 is 0 Å². The molecule has 0 unspecified atom stereocenters. The lowest BCUT2D eigenvalue weighted by Crippen LogP contribution is -2.36. The van der Waals surface area contributed by atoms with Crippen LogP contribution in [0.25, 0.3) is 0 Å². The van der Waals surface area contributed by atoms with Crippen molar-refractivity contribution in [2.45, 2.75) is 26.6 Å². The molecule has 0 saturated heterocycles. The first-order valence-electron chi connectivity index (χ1n) is 5.91. The zero-order valence-corrected chi connectivity index (χ0v) is 9.95. The normalized spacial score (nSPS) is 16.1. The van der Waals surface area contributed by atoms with E-state index in [9.17, 15) is 0 Å². The first-order valence-corrected chi connectivity index (χ1v) is 5.91. The quantitative estimate of drug-likeness (QED) is 0.763. The molecular formula is C11H16N6. The molecule has 0 bridgehead atoms. The van der Waals surface area contributed by atoms with E-state index in [0.29, 0.717) is 0 Å². The number of hydrogen-bond donors (Lipinski definition) is 0. The van der Waals surface area contributed by atoms with Gasteiger partial charge in [-0.3, -0.25) is 9.58 Å². The van der Waals surface area contributed by atoms with Crippen LogP contribution in [0.1, 0.15) is 11.6 Å². The van der Waals surface area contributed by atoms with Crippen molar-refractivity contribution in [1.82, 2.24) is 29.4 Å². The van der Waals surface area contributed by atoms with Crippen LogP contribution in [0.3, 0.4) is 0 Å². The predicted molar refractivity (Wildman–Crippen MR) is 62.3 cm³/mol. The molecule has 0 aromatic carbocycles. The van der Waals surface area contributed by atoms with Crippen molar-refractivity contribution in [2.24, 2.45) is 0 Å². The molecule has 6 nitrogen and oxygen atoms in total. The molecule has 0 radical (unpaired) electrons.